The average Bonchev–Trinajstić information content (AvgIpc) is 3.40. The van der Waals surface area contributed by atoms with E-state index < -0.39 is 23.3 Å². The molecule has 0 N–H and O–H groups in total. The highest BCUT2D eigenvalue weighted by Crippen LogP contribution is 2.37. The van der Waals surface area contributed by atoms with Crippen molar-refractivity contribution in [1.29, 1.82) is 0 Å². The summed E-state index contributed by atoms with van der Waals surface area (Å²) < 4.78 is 67.5. The van der Waals surface area contributed by atoms with Crippen molar-refractivity contribution in [2.75, 3.05) is 13.2 Å². The van der Waals surface area contributed by atoms with Gasteiger partial charge in [-0.3, -0.25) is 0 Å². The van der Waals surface area contributed by atoms with Crippen LogP contribution in [0.5, 0.6) is 0 Å². The van der Waals surface area contributed by atoms with E-state index in [4.69, 9.17) is 9.47 Å². The maximum atomic E-state index is 14.8. The highest BCUT2D eigenvalue weighted by atomic mass is 19.2. The first-order valence-corrected chi connectivity index (χ1v) is 12.8. The molecule has 3 aliphatic rings. The van der Waals surface area contributed by atoms with Crippen molar-refractivity contribution in [3.05, 3.63) is 65.2 Å². The lowest BCUT2D eigenvalue weighted by Gasteiger charge is -2.36. The van der Waals surface area contributed by atoms with Crippen molar-refractivity contribution >= 4 is 5.57 Å². The van der Waals surface area contributed by atoms with Gasteiger partial charge in [0.2, 0.25) is 0 Å². The van der Waals surface area contributed by atoms with Gasteiger partial charge in [0.15, 0.2) is 17.5 Å². The minimum Gasteiger partial charge on any atom is -0.376 e. The number of hydrogen-bond acceptors (Lipinski definition) is 2. The van der Waals surface area contributed by atoms with Crippen LogP contribution in [0.1, 0.15) is 63.4 Å². The highest BCUT2D eigenvalue weighted by molar-refractivity contribution is 5.71. The molecule has 2 aromatic carbocycles. The van der Waals surface area contributed by atoms with Gasteiger partial charge in [0, 0.05) is 12.2 Å². The Labute approximate surface area is 204 Å². The number of benzene rings is 2. The van der Waals surface area contributed by atoms with Gasteiger partial charge in [-0.15, -0.1) is 0 Å². The minimum absolute atomic E-state index is 0.0249. The number of rotatable bonds is 6. The second-order valence-electron chi connectivity index (χ2n) is 10.3. The fraction of sp³-hybridized carbons (Fsp3) is 0.517. The summed E-state index contributed by atoms with van der Waals surface area (Å²) in [5, 5.41) is 0. The molecule has 2 aromatic rings. The van der Waals surface area contributed by atoms with Crippen LogP contribution in [-0.2, 0) is 9.47 Å². The molecule has 0 aromatic heterocycles. The number of allylic oxidation sites excluding steroid dienone is 2. The number of ether oxygens (including phenoxy) is 2. The van der Waals surface area contributed by atoms with Crippen LogP contribution in [0, 0.1) is 35.1 Å². The van der Waals surface area contributed by atoms with E-state index in [1.165, 1.54) is 37.8 Å². The third-order valence-electron chi connectivity index (χ3n) is 7.92. The summed E-state index contributed by atoms with van der Waals surface area (Å²) in [7, 11) is 0. The van der Waals surface area contributed by atoms with Crippen LogP contribution in [0.4, 0.5) is 17.6 Å². The summed E-state index contributed by atoms with van der Waals surface area (Å²) in [6, 6.07) is 6.28. The third-order valence-corrected chi connectivity index (χ3v) is 7.92. The first-order chi connectivity index (χ1) is 17.0. The topological polar surface area (TPSA) is 18.5 Å². The average molecular weight is 489 g/mol. The van der Waals surface area contributed by atoms with Crippen LogP contribution in [0.2, 0.25) is 0 Å². The van der Waals surface area contributed by atoms with Gasteiger partial charge >= 0.3 is 0 Å². The van der Waals surface area contributed by atoms with Crippen LogP contribution >= 0.6 is 0 Å². The number of halogens is 4. The van der Waals surface area contributed by atoms with Crippen molar-refractivity contribution in [2.24, 2.45) is 11.8 Å². The van der Waals surface area contributed by atoms with Gasteiger partial charge in [0.05, 0.1) is 18.8 Å². The molecule has 0 radical (unpaired) electrons. The molecule has 3 unspecified atom stereocenters. The SMILES string of the molecule is Fc1cc(C2=CCC(C3CCC(OCC4CCCC4)CO3)CC2)ccc1-c1cc(F)c(F)c(F)c1. The van der Waals surface area contributed by atoms with E-state index in [1.807, 2.05) is 0 Å². The predicted molar refractivity (Wildman–Crippen MR) is 128 cm³/mol. The van der Waals surface area contributed by atoms with E-state index >= 15 is 0 Å². The monoisotopic (exact) mass is 488 g/mol. The minimum atomic E-state index is -1.55. The first kappa shape index (κ1) is 24.5. The Morgan fingerprint density at radius 1 is 0.829 bits per heavy atom. The Balaban J connectivity index is 1.16. The summed E-state index contributed by atoms with van der Waals surface area (Å²) in [5.41, 5.74) is 1.85. The lowest BCUT2D eigenvalue weighted by atomic mass is 9.81. The smallest absolute Gasteiger partial charge is 0.194 e. The molecule has 5 rings (SSSR count). The largest absolute Gasteiger partial charge is 0.376 e. The molecule has 188 valence electrons. The molecular weight excluding hydrogens is 456 g/mol. The lowest BCUT2D eigenvalue weighted by molar-refractivity contribution is -0.108. The molecular formula is C29H32F4O2. The van der Waals surface area contributed by atoms with Crippen LogP contribution in [-0.4, -0.2) is 25.4 Å². The van der Waals surface area contributed by atoms with Crippen molar-refractivity contribution in [2.45, 2.75) is 70.0 Å². The van der Waals surface area contributed by atoms with Gasteiger partial charge in [-0.25, -0.2) is 17.6 Å². The molecule has 35 heavy (non-hydrogen) atoms. The molecule has 3 atom stereocenters. The van der Waals surface area contributed by atoms with Gasteiger partial charge in [0.25, 0.3) is 0 Å². The number of hydrogen-bond donors (Lipinski definition) is 0. The molecule has 2 aliphatic carbocycles. The fourth-order valence-corrected chi connectivity index (χ4v) is 5.81. The van der Waals surface area contributed by atoms with E-state index in [0.29, 0.717) is 12.5 Å². The summed E-state index contributed by atoms with van der Waals surface area (Å²) in [6.45, 7) is 1.54. The van der Waals surface area contributed by atoms with Crippen molar-refractivity contribution in [3.63, 3.8) is 0 Å². The van der Waals surface area contributed by atoms with E-state index in [1.54, 1.807) is 6.07 Å². The van der Waals surface area contributed by atoms with E-state index in [9.17, 15) is 17.6 Å². The van der Waals surface area contributed by atoms with Crippen LogP contribution in [0.25, 0.3) is 16.7 Å². The maximum Gasteiger partial charge on any atom is 0.194 e. The molecule has 0 bridgehead atoms. The lowest BCUT2D eigenvalue weighted by Crippen LogP contribution is -2.36. The molecule has 1 saturated heterocycles. The van der Waals surface area contributed by atoms with Crippen LogP contribution in [0.15, 0.2) is 36.4 Å². The Morgan fingerprint density at radius 2 is 1.57 bits per heavy atom. The predicted octanol–water partition coefficient (Wildman–Crippen LogP) is 7.85. The van der Waals surface area contributed by atoms with Crippen molar-refractivity contribution in [3.8, 4) is 11.1 Å². The third kappa shape index (κ3) is 5.64. The Bertz CT molecular complexity index is 1050. The second-order valence-corrected chi connectivity index (χ2v) is 10.3. The quantitative estimate of drug-likeness (QED) is 0.305. The molecule has 2 nitrogen and oxygen atoms in total. The molecule has 0 spiro atoms. The van der Waals surface area contributed by atoms with Gasteiger partial charge in [0.1, 0.15) is 5.82 Å². The maximum absolute atomic E-state index is 14.8. The Hall–Kier alpha value is -2.18. The van der Waals surface area contributed by atoms with Crippen molar-refractivity contribution < 1.29 is 27.0 Å². The summed E-state index contributed by atoms with van der Waals surface area (Å²) >= 11 is 0. The van der Waals surface area contributed by atoms with Gasteiger partial charge in [-0.2, -0.15) is 0 Å². The molecule has 0 amide bonds. The Morgan fingerprint density at radius 3 is 2.20 bits per heavy atom. The molecule has 1 aliphatic heterocycles. The van der Waals surface area contributed by atoms with E-state index in [2.05, 4.69) is 6.08 Å². The van der Waals surface area contributed by atoms with E-state index in [0.717, 1.165) is 67.9 Å². The molecule has 1 heterocycles. The standard InChI is InChI=1S/C29H32F4O2/c30-25-13-21(9-11-24(25)22-14-26(31)29(33)27(32)15-22)19-5-7-20(8-6-19)28-12-10-23(17-35-28)34-16-18-3-1-2-4-18/h5,9,11,13-15,18,20,23,28H,1-4,6-8,10,12,16-17H2. The second kappa shape index (κ2) is 10.8. The Kier molecular flexibility index (Phi) is 7.59. The summed E-state index contributed by atoms with van der Waals surface area (Å²) in [5.74, 6) is -3.63. The molecule has 6 heteroatoms. The highest BCUT2D eigenvalue weighted by Gasteiger charge is 2.30. The van der Waals surface area contributed by atoms with Gasteiger partial charge in [-0.1, -0.05) is 31.1 Å². The first-order valence-electron chi connectivity index (χ1n) is 12.8. The molecule has 2 fully saturated rings. The summed E-state index contributed by atoms with van der Waals surface area (Å²) in [6.07, 6.45) is 12.6. The van der Waals surface area contributed by atoms with Gasteiger partial charge < -0.3 is 9.47 Å². The zero-order valence-electron chi connectivity index (χ0n) is 19.9. The van der Waals surface area contributed by atoms with Gasteiger partial charge in [-0.05, 0) is 91.7 Å². The van der Waals surface area contributed by atoms with Crippen LogP contribution < -0.4 is 0 Å². The van der Waals surface area contributed by atoms with Crippen LogP contribution in [0.3, 0.4) is 0 Å². The fourth-order valence-electron chi connectivity index (χ4n) is 5.81. The normalized spacial score (nSPS) is 25.6. The summed E-state index contributed by atoms with van der Waals surface area (Å²) in [4.78, 5) is 0. The van der Waals surface area contributed by atoms with E-state index in [-0.39, 0.29) is 23.3 Å². The molecule has 1 saturated carbocycles. The van der Waals surface area contributed by atoms with Crippen molar-refractivity contribution in [1.82, 2.24) is 0 Å². The zero-order valence-corrected chi connectivity index (χ0v) is 19.9. The zero-order chi connectivity index (χ0) is 24.4.